The second-order valence-electron chi connectivity index (χ2n) is 3.54. The Morgan fingerprint density at radius 3 is 3.00 bits per heavy atom. The number of phenols is 1. The van der Waals surface area contributed by atoms with Gasteiger partial charge in [-0.3, -0.25) is 0 Å². The van der Waals surface area contributed by atoms with E-state index in [4.69, 9.17) is 0 Å². The van der Waals surface area contributed by atoms with Crippen LogP contribution in [0, 0.1) is 6.92 Å². The first-order chi connectivity index (χ1) is 7.75. The number of phenolic OH excluding ortho intramolecular Hbond substituents is 1. The van der Waals surface area contributed by atoms with Crippen LogP contribution in [0.1, 0.15) is 5.69 Å². The van der Waals surface area contributed by atoms with Crippen molar-refractivity contribution in [1.29, 1.82) is 0 Å². The van der Waals surface area contributed by atoms with Crippen LogP contribution in [0.2, 0.25) is 0 Å². The zero-order valence-corrected chi connectivity index (χ0v) is 9.40. The first-order valence-electron chi connectivity index (χ1n) is 4.83. The number of benzene rings is 1. The van der Waals surface area contributed by atoms with Crippen LogP contribution < -0.4 is 0 Å². The maximum Gasteiger partial charge on any atom is 0.140 e. The number of thiazole rings is 1. The fourth-order valence-corrected chi connectivity index (χ4v) is 2.45. The van der Waals surface area contributed by atoms with E-state index in [-0.39, 0.29) is 5.75 Å². The summed E-state index contributed by atoms with van der Waals surface area (Å²) in [7, 11) is 0. The van der Waals surface area contributed by atoms with Crippen molar-refractivity contribution < 1.29 is 5.11 Å². The molecule has 2 aromatic heterocycles. The molecule has 5 heteroatoms. The molecular formula is C11H9N3OS. The largest absolute Gasteiger partial charge is 0.508 e. The fourth-order valence-electron chi connectivity index (χ4n) is 1.67. The topological polar surface area (TPSA) is 50.9 Å². The van der Waals surface area contributed by atoms with Gasteiger partial charge in [0.15, 0.2) is 0 Å². The van der Waals surface area contributed by atoms with Crippen LogP contribution in [-0.2, 0) is 0 Å². The Kier molecular flexibility index (Phi) is 1.94. The first-order valence-corrected chi connectivity index (χ1v) is 5.71. The molecule has 0 radical (unpaired) electrons. The van der Waals surface area contributed by atoms with Crippen LogP contribution >= 0.6 is 11.3 Å². The van der Waals surface area contributed by atoms with E-state index in [2.05, 4.69) is 10.1 Å². The molecule has 0 aliphatic carbocycles. The Morgan fingerprint density at radius 1 is 1.38 bits per heavy atom. The predicted molar refractivity (Wildman–Crippen MR) is 63.1 cm³/mol. The minimum absolute atomic E-state index is 0.247. The van der Waals surface area contributed by atoms with E-state index in [1.807, 2.05) is 17.7 Å². The molecule has 1 aromatic carbocycles. The van der Waals surface area contributed by atoms with Crippen molar-refractivity contribution in [2.24, 2.45) is 0 Å². The van der Waals surface area contributed by atoms with Crippen molar-refractivity contribution in [2.75, 3.05) is 0 Å². The van der Waals surface area contributed by atoms with Gasteiger partial charge in [0.1, 0.15) is 10.8 Å². The van der Waals surface area contributed by atoms with Crippen LogP contribution in [0.3, 0.4) is 0 Å². The monoisotopic (exact) mass is 231 g/mol. The predicted octanol–water partition coefficient (Wildman–Crippen LogP) is 2.50. The van der Waals surface area contributed by atoms with Crippen LogP contribution in [0.5, 0.6) is 5.75 Å². The second-order valence-corrected chi connectivity index (χ2v) is 4.38. The van der Waals surface area contributed by atoms with Gasteiger partial charge in [-0.2, -0.15) is 5.10 Å². The summed E-state index contributed by atoms with van der Waals surface area (Å²) in [4.78, 5) is 4.20. The van der Waals surface area contributed by atoms with Crippen molar-refractivity contribution in [3.05, 3.63) is 35.6 Å². The number of rotatable bonds is 1. The molecule has 0 atom stereocenters. The number of fused-ring (bicyclic) bond motifs is 1. The van der Waals surface area contributed by atoms with E-state index >= 15 is 0 Å². The lowest BCUT2D eigenvalue weighted by Gasteiger charge is -2.00. The average molecular weight is 231 g/mol. The van der Waals surface area contributed by atoms with Gasteiger partial charge in [0.2, 0.25) is 0 Å². The highest BCUT2D eigenvalue weighted by atomic mass is 32.1. The van der Waals surface area contributed by atoms with Gasteiger partial charge < -0.3 is 5.11 Å². The lowest BCUT2D eigenvalue weighted by Crippen LogP contribution is -1.94. The Morgan fingerprint density at radius 2 is 2.25 bits per heavy atom. The Hall–Kier alpha value is -1.88. The molecule has 0 unspecified atom stereocenters. The quantitative estimate of drug-likeness (QED) is 0.700. The highest BCUT2D eigenvalue weighted by Gasteiger charge is 2.09. The van der Waals surface area contributed by atoms with Crippen molar-refractivity contribution in [2.45, 2.75) is 6.92 Å². The summed E-state index contributed by atoms with van der Waals surface area (Å²) in [6.45, 7) is 1.95. The van der Waals surface area contributed by atoms with E-state index in [9.17, 15) is 5.11 Å². The smallest absolute Gasteiger partial charge is 0.140 e. The molecule has 4 nitrogen and oxygen atoms in total. The van der Waals surface area contributed by atoms with Gasteiger partial charge in [0.05, 0.1) is 22.9 Å². The molecule has 16 heavy (non-hydrogen) atoms. The highest BCUT2D eigenvalue weighted by Crippen LogP contribution is 2.25. The SMILES string of the molecule is Cc1ncsc1-n1ncc2ccc(O)cc21. The van der Waals surface area contributed by atoms with Crippen molar-refractivity contribution in [1.82, 2.24) is 14.8 Å². The maximum atomic E-state index is 9.49. The standard InChI is InChI=1S/C11H9N3OS/c1-7-11(16-6-12-7)14-10-4-9(15)3-2-8(10)5-13-14/h2-6,15H,1H3. The van der Waals surface area contributed by atoms with Gasteiger partial charge in [-0.1, -0.05) is 0 Å². The third-order valence-electron chi connectivity index (χ3n) is 2.47. The number of aromatic nitrogens is 3. The molecule has 0 saturated carbocycles. The number of aromatic hydroxyl groups is 1. The Bertz CT molecular complexity index is 656. The molecule has 3 aromatic rings. The minimum atomic E-state index is 0.247. The fraction of sp³-hybridized carbons (Fsp3) is 0.0909. The van der Waals surface area contributed by atoms with E-state index in [0.717, 1.165) is 21.6 Å². The molecule has 0 fully saturated rings. The van der Waals surface area contributed by atoms with Crippen LogP contribution in [-0.4, -0.2) is 19.9 Å². The summed E-state index contributed by atoms with van der Waals surface area (Å²) in [5.41, 5.74) is 3.63. The minimum Gasteiger partial charge on any atom is -0.508 e. The average Bonchev–Trinajstić information content (AvgIpc) is 2.83. The normalized spacial score (nSPS) is 11.1. The molecule has 0 saturated heterocycles. The number of nitrogens with zero attached hydrogens (tertiary/aromatic N) is 3. The van der Waals surface area contributed by atoms with Crippen LogP contribution in [0.4, 0.5) is 0 Å². The molecule has 0 aliphatic rings. The third-order valence-corrected chi connectivity index (χ3v) is 3.37. The van der Waals surface area contributed by atoms with Gasteiger partial charge in [-0.25, -0.2) is 9.67 Å². The van der Waals surface area contributed by atoms with Gasteiger partial charge in [-0.15, -0.1) is 11.3 Å². The lowest BCUT2D eigenvalue weighted by molar-refractivity contribution is 0.476. The van der Waals surface area contributed by atoms with Gasteiger partial charge in [0.25, 0.3) is 0 Å². The summed E-state index contributed by atoms with van der Waals surface area (Å²) in [5.74, 6) is 0.247. The molecule has 0 amide bonds. The Balaban J connectivity index is 2.32. The van der Waals surface area contributed by atoms with Crippen LogP contribution in [0.25, 0.3) is 15.9 Å². The van der Waals surface area contributed by atoms with Crippen molar-refractivity contribution in [3.63, 3.8) is 0 Å². The zero-order chi connectivity index (χ0) is 11.1. The number of hydrogen-bond acceptors (Lipinski definition) is 4. The lowest BCUT2D eigenvalue weighted by atomic mass is 10.2. The summed E-state index contributed by atoms with van der Waals surface area (Å²) < 4.78 is 1.81. The molecule has 3 rings (SSSR count). The summed E-state index contributed by atoms with van der Waals surface area (Å²) >= 11 is 1.54. The number of aryl methyl sites for hydroxylation is 1. The van der Waals surface area contributed by atoms with E-state index < -0.39 is 0 Å². The second kappa shape index (κ2) is 3.31. The summed E-state index contributed by atoms with van der Waals surface area (Å²) in [6.07, 6.45) is 1.79. The van der Waals surface area contributed by atoms with Gasteiger partial charge in [0, 0.05) is 11.5 Å². The molecular weight excluding hydrogens is 222 g/mol. The van der Waals surface area contributed by atoms with E-state index in [1.54, 1.807) is 23.8 Å². The van der Waals surface area contributed by atoms with Crippen LogP contribution in [0.15, 0.2) is 29.9 Å². The molecule has 0 aliphatic heterocycles. The molecule has 80 valence electrons. The zero-order valence-electron chi connectivity index (χ0n) is 8.58. The van der Waals surface area contributed by atoms with Crippen molar-refractivity contribution in [3.8, 4) is 10.8 Å². The van der Waals surface area contributed by atoms with E-state index in [0.29, 0.717) is 0 Å². The van der Waals surface area contributed by atoms with Gasteiger partial charge in [-0.05, 0) is 19.1 Å². The molecule has 1 N–H and O–H groups in total. The third kappa shape index (κ3) is 1.29. The maximum absolute atomic E-state index is 9.49. The Labute approximate surface area is 95.8 Å². The molecule has 0 bridgehead atoms. The van der Waals surface area contributed by atoms with Crippen molar-refractivity contribution >= 4 is 22.2 Å². The first kappa shape index (κ1) is 9.35. The van der Waals surface area contributed by atoms with E-state index in [1.165, 1.54) is 11.3 Å². The summed E-state index contributed by atoms with van der Waals surface area (Å²) in [5, 5.41) is 15.8. The van der Waals surface area contributed by atoms with Gasteiger partial charge >= 0.3 is 0 Å². The summed E-state index contributed by atoms with van der Waals surface area (Å²) in [6, 6.07) is 5.22. The number of hydrogen-bond donors (Lipinski definition) is 1. The molecule has 2 heterocycles. The molecule has 0 spiro atoms. The highest BCUT2D eigenvalue weighted by molar-refractivity contribution is 7.12.